The summed E-state index contributed by atoms with van der Waals surface area (Å²) in [5.74, 6) is 0.175. The molecule has 0 spiro atoms. The van der Waals surface area contributed by atoms with Gasteiger partial charge < -0.3 is 5.32 Å². The summed E-state index contributed by atoms with van der Waals surface area (Å²) in [4.78, 5) is 14.0. The zero-order valence-electron chi connectivity index (χ0n) is 12.2. The molecule has 0 aliphatic carbocycles. The first-order valence-electron chi connectivity index (χ1n) is 7.14. The maximum absolute atomic E-state index is 12.7. The lowest BCUT2D eigenvalue weighted by Crippen LogP contribution is -2.39. The molecule has 1 atom stereocenters. The number of alkyl halides is 3. The van der Waals surface area contributed by atoms with Crippen LogP contribution in [0.3, 0.4) is 0 Å². The smallest absolute Gasteiger partial charge is 0.324 e. The van der Waals surface area contributed by atoms with Crippen LogP contribution in [0.2, 0.25) is 5.02 Å². The summed E-state index contributed by atoms with van der Waals surface area (Å²) in [6, 6.07) is 2.90. The van der Waals surface area contributed by atoms with Crippen molar-refractivity contribution in [2.24, 2.45) is 5.92 Å². The number of hydrogen-bond donors (Lipinski definition) is 1. The SMILES string of the molecule is C[C@H]1CCCN(CC(=O)Nc2cc(C(F)(F)F)ccc2Cl)C1. The van der Waals surface area contributed by atoms with E-state index in [0.29, 0.717) is 5.92 Å². The third kappa shape index (κ3) is 4.61. The second-order valence-electron chi connectivity index (χ2n) is 5.72. The summed E-state index contributed by atoms with van der Waals surface area (Å²) >= 11 is 5.86. The second-order valence-corrected chi connectivity index (χ2v) is 6.13. The fourth-order valence-electron chi connectivity index (χ4n) is 2.62. The van der Waals surface area contributed by atoms with Crippen molar-refractivity contribution in [1.82, 2.24) is 4.90 Å². The van der Waals surface area contributed by atoms with Crippen molar-refractivity contribution in [1.29, 1.82) is 0 Å². The molecule has 2 rings (SSSR count). The molecule has 0 saturated carbocycles. The van der Waals surface area contributed by atoms with Gasteiger partial charge in [-0.05, 0) is 43.5 Å². The lowest BCUT2D eigenvalue weighted by atomic mass is 10.0. The van der Waals surface area contributed by atoms with E-state index in [0.717, 1.165) is 44.1 Å². The summed E-state index contributed by atoms with van der Waals surface area (Å²) < 4.78 is 38.1. The molecule has 122 valence electrons. The number of piperidine rings is 1. The van der Waals surface area contributed by atoms with E-state index in [1.54, 1.807) is 0 Å². The molecular formula is C15H18ClF3N2O. The minimum Gasteiger partial charge on any atom is -0.324 e. The quantitative estimate of drug-likeness (QED) is 0.905. The molecule has 0 aromatic heterocycles. The number of anilines is 1. The number of halogens is 4. The van der Waals surface area contributed by atoms with Gasteiger partial charge in [-0.15, -0.1) is 0 Å². The Labute approximate surface area is 132 Å². The van der Waals surface area contributed by atoms with E-state index >= 15 is 0 Å². The van der Waals surface area contributed by atoms with Gasteiger partial charge in [-0.3, -0.25) is 9.69 Å². The molecule has 1 amide bonds. The van der Waals surface area contributed by atoms with Gasteiger partial charge in [0.15, 0.2) is 0 Å². The molecule has 1 aromatic carbocycles. The van der Waals surface area contributed by atoms with E-state index < -0.39 is 11.7 Å². The summed E-state index contributed by atoms with van der Waals surface area (Å²) in [5, 5.41) is 2.56. The van der Waals surface area contributed by atoms with Gasteiger partial charge in [-0.1, -0.05) is 18.5 Å². The maximum atomic E-state index is 12.7. The van der Waals surface area contributed by atoms with Crippen molar-refractivity contribution in [3.8, 4) is 0 Å². The Kier molecular flexibility index (Phi) is 5.34. The van der Waals surface area contributed by atoms with Crippen LogP contribution in [0.25, 0.3) is 0 Å². The molecule has 1 saturated heterocycles. The fourth-order valence-corrected chi connectivity index (χ4v) is 2.79. The normalized spacial score (nSPS) is 20.0. The molecule has 0 bridgehead atoms. The molecule has 0 radical (unpaired) electrons. The Hall–Kier alpha value is -1.27. The van der Waals surface area contributed by atoms with E-state index in [1.165, 1.54) is 0 Å². The molecular weight excluding hydrogens is 317 g/mol. The predicted octanol–water partition coefficient (Wildman–Crippen LogP) is 4.03. The van der Waals surface area contributed by atoms with Crippen molar-refractivity contribution < 1.29 is 18.0 Å². The number of nitrogens with zero attached hydrogens (tertiary/aromatic N) is 1. The van der Waals surface area contributed by atoms with Gasteiger partial charge in [0.1, 0.15) is 0 Å². The van der Waals surface area contributed by atoms with E-state index in [9.17, 15) is 18.0 Å². The average molecular weight is 335 g/mol. The number of amides is 1. The summed E-state index contributed by atoms with van der Waals surface area (Å²) in [5.41, 5.74) is -0.842. The number of carbonyl (C=O) groups is 1. The monoisotopic (exact) mass is 334 g/mol. The van der Waals surface area contributed by atoms with Crippen molar-refractivity contribution in [2.75, 3.05) is 25.0 Å². The average Bonchev–Trinajstić information content (AvgIpc) is 2.40. The molecule has 0 unspecified atom stereocenters. The highest BCUT2D eigenvalue weighted by atomic mass is 35.5. The Bertz CT molecular complexity index is 548. The number of benzene rings is 1. The lowest BCUT2D eigenvalue weighted by Gasteiger charge is -2.30. The first kappa shape index (κ1) is 17.1. The highest BCUT2D eigenvalue weighted by Crippen LogP contribution is 2.33. The topological polar surface area (TPSA) is 32.3 Å². The summed E-state index contributed by atoms with van der Waals surface area (Å²) in [6.07, 6.45) is -2.30. The molecule has 22 heavy (non-hydrogen) atoms. The third-order valence-corrected chi connectivity index (χ3v) is 4.01. The Morgan fingerprint density at radius 2 is 2.18 bits per heavy atom. The highest BCUT2D eigenvalue weighted by molar-refractivity contribution is 6.33. The first-order valence-corrected chi connectivity index (χ1v) is 7.52. The molecule has 1 fully saturated rings. The number of hydrogen-bond acceptors (Lipinski definition) is 2. The Balaban J connectivity index is 2.02. The predicted molar refractivity (Wildman–Crippen MR) is 79.9 cm³/mol. The van der Waals surface area contributed by atoms with Crippen LogP contribution in [-0.2, 0) is 11.0 Å². The van der Waals surface area contributed by atoms with Gasteiger partial charge in [-0.25, -0.2) is 0 Å². The molecule has 1 aliphatic heterocycles. The molecule has 1 aliphatic rings. The number of rotatable bonds is 3. The van der Waals surface area contributed by atoms with E-state index in [1.807, 2.05) is 4.90 Å². The van der Waals surface area contributed by atoms with Crippen LogP contribution in [0, 0.1) is 5.92 Å². The van der Waals surface area contributed by atoms with Crippen LogP contribution >= 0.6 is 11.6 Å². The second kappa shape index (κ2) is 6.87. The molecule has 3 nitrogen and oxygen atoms in total. The molecule has 7 heteroatoms. The van der Waals surface area contributed by atoms with E-state index in [4.69, 9.17) is 11.6 Å². The van der Waals surface area contributed by atoms with Gasteiger partial charge in [0.05, 0.1) is 22.8 Å². The van der Waals surface area contributed by atoms with Crippen LogP contribution in [0.15, 0.2) is 18.2 Å². The lowest BCUT2D eigenvalue weighted by molar-refractivity contribution is -0.137. The van der Waals surface area contributed by atoms with Crippen LogP contribution < -0.4 is 5.32 Å². The first-order chi connectivity index (χ1) is 10.3. The van der Waals surface area contributed by atoms with Crippen molar-refractivity contribution in [3.05, 3.63) is 28.8 Å². The zero-order valence-corrected chi connectivity index (χ0v) is 13.0. The fraction of sp³-hybridized carbons (Fsp3) is 0.533. The summed E-state index contributed by atoms with van der Waals surface area (Å²) in [7, 11) is 0. The van der Waals surface area contributed by atoms with Gasteiger partial charge in [-0.2, -0.15) is 13.2 Å². The van der Waals surface area contributed by atoms with Crippen LogP contribution in [0.5, 0.6) is 0 Å². The largest absolute Gasteiger partial charge is 0.416 e. The van der Waals surface area contributed by atoms with Crippen molar-refractivity contribution in [3.63, 3.8) is 0 Å². The number of carbonyl (C=O) groups excluding carboxylic acids is 1. The van der Waals surface area contributed by atoms with Gasteiger partial charge in [0.25, 0.3) is 0 Å². The van der Waals surface area contributed by atoms with Crippen molar-refractivity contribution >= 4 is 23.2 Å². The Morgan fingerprint density at radius 1 is 1.45 bits per heavy atom. The third-order valence-electron chi connectivity index (χ3n) is 3.68. The number of likely N-dealkylation sites (tertiary alicyclic amines) is 1. The Morgan fingerprint density at radius 3 is 2.82 bits per heavy atom. The number of nitrogens with one attached hydrogen (secondary N) is 1. The van der Waals surface area contributed by atoms with Gasteiger partial charge in [0, 0.05) is 6.54 Å². The standard InChI is InChI=1S/C15H18ClF3N2O/c1-10-3-2-6-21(8-10)9-14(22)20-13-7-11(15(17,18)19)4-5-12(13)16/h4-5,7,10H,2-3,6,8-9H2,1H3,(H,20,22)/t10-/m0/s1. The molecule has 1 aromatic rings. The van der Waals surface area contributed by atoms with Crippen LogP contribution in [0.4, 0.5) is 18.9 Å². The molecule has 1 N–H and O–H groups in total. The minimum atomic E-state index is -4.47. The summed E-state index contributed by atoms with van der Waals surface area (Å²) in [6.45, 7) is 3.93. The highest BCUT2D eigenvalue weighted by Gasteiger charge is 2.31. The maximum Gasteiger partial charge on any atom is 0.416 e. The minimum absolute atomic E-state index is 0.00782. The zero-order chi connectivity index (χ0) is 16.3. The van der Waals surface area contributed by atoms with E-state index in [-0.39, 0.29) is 23.2 Å². The van der Waals surface area contributed by atoms with Crippen molar-refractivity contribution in [2.45, 2.75) is 25.9 Å². The van der Waals surface area contributed by atoms with Crippen LogP contribution in [0.1, 0.15) is 25.3 Å². The van der Waals surface area contributed by atoms with Gasteiger partial charge >= 0.3 is 6.18 Å². The van der Waals surface area contributed by atoms with E-state index in [2.05, 4.69) is 12.2 Å². The molecule has 1 heterocycles. The van der Waals surface area contributed by atoms with Gasteiger partial charge in [0.2, 0.25) is 5.91 Å². The van der Waals surface area contributed by atoms with Crippen LogP contribution in [-0.4, -0.2) is 30.4 Å².